The first-order valence-corrected chi connectivity index (χ1v) is 5.42. The van der Waals surface area contributed by atoms with Crippen molar-refractivity contribution >= 4 is 16.9 Å². The van der Waals surface area contributed by atoms with Crippen LogP contribution in [-0.2, 0) is 0 Å². The van der Waals surface area contributed by atoms with E-state index in [0.717, 1.165) is 11.0 Å². The van der Waals surface area contributed by atoms with E-state index in [-0.39, 0.29) is 5.56 Å². The van der Waals surface area contributed by atoms with Crippen LogP contribution in [0.5, 0.6) is 0 Å². The van der Waals surface area contributed by atoms with Gasteiger partial charge in [-0.05, 0) is 24.3 Å². The molecule has 0 aliphatic carbocycles. The molecule has 4 heteroatoms. The van der Waals surface area contributed by atoms with Crippen LogP contribution in [0, 0.1) is 0 Å². The van der Waals surface area contributed by atoms with Gasteiger partial charge in [0.2, 0.25) is 0 Å². The van der Waals surface area contributed by atoms with Crippen LogP contribution in [0.4, 0.5) is 0 Å². The second-order valence-corrected chi connectivity index (χ2v) is 3.88. The fraction of sp³-hybridized carbons (Fsp3) is 0. The Kier molecular flexibility index (Phi) is 2.34. The van der Waals surface area contributed by atoms with Gasteiger partial charge in [-0.15, -0.1) is 0 Å². The van der Waals surface area contributed by atoms with Crippen molar-refractivity contribution in [3.63, 3.8) is 0 Å². The Bertz CT molecular complexity index is 697. The van der Waals surface area contributed by atoms with Crippen molar-refractivity contribution in [1.29, 1.82) is 0 Å². The van der Waals surface area contributed by atoms with E-state index in [4.69, 9.17) is 9.52 Å². The molecule has 2 heterocycles. The number of pyridine rings is 1. The largest absolute Gasteiger partial charge is 0.478 e. The van der Waals surface area contributed by atoms with Gasteiger partial charge in [0.15, 0.2) is 5.76 Å². The molecule has 0 aliphatic rings. The SMILES string of the molecule is O=C(O)c1ccnc(-c2cc3ccccc3o2)c1. The molecule has 0 fully saturated rings. The van der Waals surface area contributed by atoms with E-state index in [1.807, 2.05) is 30.3 Å². The van der Waals surface area contributed by atoms with Crippen molar-refractivity contribution in [2.24, 2.45) is 0 Å². The van der Waals surface area contributed by atoms with Crippen molar-refractivity contribution in [2.75, 3.05) is 0 Å². The van der Waals surface area contributed by atoms with Gasteiger partial charge >= 0.3 is 5.97 Å². The molecule has 3 aromatic rings. The monoisotopic (exact) mass is 239 g/mol. The molecule has 4 nitrogen and oxygen atoms in total. The molecule has 18 heavy (non-hydrogen) atoms. The minimum atomic E-state index is -0.977. The first-order valence-electron chi connectivity index (χ1n) is 5.42. The van der Waals surface area contributed by atoms with E-state index < -0.39 is 5.97 Å². The second kappa shape index (κ2) is 4.00. The molecule has 0 unspecified atom stereocenters. The molecule has 1 aromatic carbocycles. The Morgan fingerprint density at radius 3 is 2.78 bits per heavy atom. The van der Waals surface area contributed by atoms with Gasteiger partial charge in [0.05, 0.1) is 5.56 Å². The summed E-state index contributed by atoms with van der Waals surface area (Å²) in [4.78, 5) is 15.0. The summed E-state index contributed by atoms with van der Waals surface area (Å²) in [5.74, 6) is -0.408. The smallest absolute Gasteiger partial charge is 0.335 e. The number of aromatic carboxylic acids is 1. The Balaban J connectivity index is 2.13. The molecule has 1 N–H and O–H groups in total. The summed E-state index contributed by atoms with van der Waals surface area (Å²) in [6.07, 6.45) is 1.46. The minimum Gasteiger partial charge on any atom is -0.478 e. The first-order chi connectivity index (χ1) is 8.74. The summed E-state index contributed by atoms with van der Waals surface area (Å²) >= 11 is 0. The van der Waals surface area contributed by atoms with Gasteiger partial charge in [0.25, 0.3) is 0 Å². The highest BCUT2D eigenvalue weighted by Gasteiger charge is 2.10. The lowest BCUT2D eigenvalue weighted by molar-refractivity contribution is 0.0697. The summed E-state index contributed by atoms with van der Waals surface area (Å²) in [6, 6.07) is 12.4. The maximum atomic E-state index is 10.9. The van der Waals surface area contributed by atoms with Crippen LogP contribution in [0.2, 0.25) is 0 Å². The lowest BCUT2D eigenvalue weighted by Crippen LogP contribution is -1.96. The third-order valence-corrected chi connectivity index (χ3v) is 2.68. The molecule has 0 saturated heterocycles. The highest BCUT2D eigenvalue weighted by atomic mass is 16.4. The Morgan fingerprint density at radius 2 is 2.00 bits per heavy atom. The fourth-order valence-corrected chi connectivity index (χ4v) is 1.81. The summed E-state index contributed by atoms with van der Waals surface area (Å²) in [6.45, 7) is 0. The lowest BCUT2D eigenvalue weighted by atomic mass is 10.2. The zero-order valence-corrected chi connectivity index (χ0v) is 9.33. The zero-order chi connectivity index (χ0) is 12.5. The molecule has 0 bridgehead atoms. The Labute approximate surface area is 103 Å². The maximum absolute atomic E-state index is 10.9. The second-order valence-electron chi connectivity index (χ2n) is 3.88. The number of carboxylic acids is 1. The van der Waals surface area contributed by atoms with E-state index in [2.05, 4.69) is 4.98 Å². The first kappa shape index (κ1) is 10.5. The van der Waals surface area contributed by atoms with Gasteiger partial charge in [-0.1, -0.05) is 18.2 Å². The van der Waals surface area contributed by atoms with E-state index in [9.17, 15) is 4.79 Å². The summed E-state index contributed by atoms with van der Waals surface area (Å²) < 4.78 is 5.63. The average molecular weight is 239 g/mol. The topological polar surface area (TPSA) is 63.3 Å². The normalized spacial score (nSPS) is 10.7. The van der Waals surface area contributed by atoms with Gasteiger partial charge in [-0.3, -0.25) is 4.98 Å². The van der Waals surface area contributed by atoms with Gasteiger partial charge in [-0.2, -0.15) is 0 Å². The summed E-state index contributed by atoms with van der Waals surface area (Å²) in [7, 11) is 0. The predicted octanol–water partition coefficient (Wildman–Crippen LogP) is 3.19. The average Bonchev–Trinajstić information content (AvgIpc) is 2.82. The standard InChI is InChI=1S/C14H9NO3/c16-14(17)10-5-6-15-11(7-10)13-8-9-3-1-2-4-12(9)18-13/h1-8H,(H,16,17). The Hall–Kier alpha value is -2.62. The van der Waals surface area contributed by atoms with Crippen LogP contribution in [-0.4, -0.2) is 16.1 Å². The number of furan rings is 1. The molecular formula is C14H9NO3. The van der Waals surface area contributed by atoms with Crippen LogP contribution >= 0.6 is 0 Å². The zero-order valence-electron chi connectivity index (χ0n) is 9.33. The number of hydrogen-bond acceptors (Lipinski definition) is 3. The molecular weight excluding hydrogens is 230 g/mol. The van der Waals surface area contributed by atoms with Gasteiger partial charge < -0.3 is 9.52 Å². The van der Waals surface area contributed by atoms with Gasteiger partial charge in [0, 0.05) is 11.6 Å². The molecule has 0 saturated carbocycles. The van der Waals surface area contributed by atoms with Crippen molar-refractivity contribution in [2.45, 2.75) is 0 Å². The minimum absolute atomic E-state index is 0.195. The quantitative estimate of drug-likeness (QED) is 0.745. The molecule has 0 radical (unpaired) electrons. The van der Waals surface area contributed by atoms with E-state index in [1.54, 1.807) is 0 Å². The molecule has 0 spiro atoms. The summed E-state index contributed by atoms with van der Waals surface area (Å²) in [5.41, 5.74) is 1.47. The molecule has 2 aromatic heterocycles. The van der Waals surface area contributed by atoms with Crippen molar-refractivity contribution in [1.82, 2.24) is 4.98 Å². The van der Waals surface area contributed by atoms with Crippen LogP contribution in [0.25, 0.3) is 22.4 Å². The number of carboxylic acid groups (broad SMARTS) is 1. The number of rotatable bonds is 2. The summed E-state index contributed by atoms with van der Waals surface area (Å²) in [5, 5.41) is 9.91. The van der Waals surface area contributed by atoms with Crippen molar-refractivity contribution in [3.8, 4) is 11.5 Å². The Morgan fingerprint density at radius 1 is 1.17 bits per heavy atom. The number of carbonyl (C=O) groups is 1. The van der Waals surface area contributed by atoms with Crippen molar-refractivity contribution in [3.05, 3.63) is 54.2 Å². The number of hydrogen-bond donors (Lipinski definition) is 1. The fourth-order valence-electron chi connectivity index (χ4n) is 1.81. The van der Waals surface area contributed by atoms with E-state index in [1.165, 1.54) is 18.3 Å². The van der Waals surface area contributed by atoms with E-state index >= 15 is 0 Å². The van der Waals surface area contributed by atoms with Gasteiger partial charge in [-0.25, -0.2) is 4.79 Å². The van der Waals surface area contributed by atoms with E-state index in [0.29, 0.717) is 11.5 Å². The lowest BCUT2D eigenvalue weighted by Gasteiger charge is -1.97. The molecule has 0 atom stereocenters. The highest BCUT2D eigenvalue weighted by molar-refractivity contribution is 5.89. The number of benzene rings is 1. The van der Waals surface area contributed by atoms with Crippen LogP contribution < -0.4 is 0 Å². The molecule has 88 valence electrons. The number of para-hydroxylation sites is 1. The molecule has 0 aliphatic heterocycles. The van der Waals surface area contributed by atoms with Crippen LogP contribution in [0.1, 0.15) is 10.4 Å². The predicted molar refractivity (Wildman–Crippen MR) is 66.4 cm³/mol. The van der Waals surface area contributed by atoms with Crippen molar-refractivity contribution < 1.29 is 14.3 Å². The third kappa shape index (κ3) is 1.73. The van der Waals surface area contributed by atoms with Crippen LogP contribution in [0.3, 0.4) is 0 Å². The number of fused-ring (bicyclic) bond motifs is 1. The molecule has 3 rings (SSSR count). The van der Waals surface area contributed by atoms with Gasteiger partial charge in [0.1, 0.15) is 11.3 Å². The maximum Gasteiger partial charge on any atom is 0.335 e. The third-order valence-electron chi connectivity index (χ3n) is 2.68. The highest BCUT2D eigenvalue weighted by Crippen LogP contribution is 2.26. The molecule has 0 amide bonds. The van der Waals surface area contributed by atoms with Crippen LogP contribution in [0.15, 0.2) is 53.1 Å². The number of aromatic nitrogens is 1. The number of nitrogens with zero attached hydrogens (tertiary/aromatic N) is 1.